The SMILES string of the molecule is O=S(=O)(c1ccccc1Cl)[C@H]1CC[C@H](O)C1. The Morgan fingerprint density at radius 1 is 1.25 bits per heavy atom. The van der Waals surface area contributed by atoms with Gasteiger partial charge in [0.05, 0.1) is 21.3 Å². The second-order valence-corrected chi connectivity index (χ2v) is 6.67. The highest BCUT2D eigenvalue weighted by Crippen LogP contribution is 2.32. The van der Waals surface area contributed by atoms with Crippen LogP contribution in [0.15, 0.2) is 29.2 Å². The highest BCUT2D eigenvalue weighted by molar-refractivity contribution is 7.92. The molecule has 1 aliphatic rings. The fourth-order valence-corrected chi connectivity index (χ4v) is 4.40. The molecule has 1 fully saturated rings. The Kier molecular flexibility index (Phi) is 3.24. The first-order valence-corrected chi connectivity index (χ1v) is 7.10. The lowest BCUT2D eigenvalue weighted by atomic mass is 10.3. The summed E-state index contributed by atoms with van der Waals surface area (Å²) in [6.45, 7) is 0. The molecule has 0 amide bonds. The summed E-state index contributed by atoms with van der Waals surface area (Å²) >= 11 is 5.88. The molecular weight excluding hydrogens is 248 g/mol. The van der Waals surface area contributed by atoms with Crippen molar-refractivity contribution in [1.82, 2.24) is 0 Å². The molecule has 0 radical (unpaired) electrons. The Hall–Kier alpha value is -0.580. The van der Waals surface area contributed by atoms with Gasteiger partial charge in [-0.3, -0.25) is 0 Å². The molecule has 2 atom stereocenters. The zero-order valence-corrected chi connectivity index (χ0v) is 10.2. The molecule has 5 heteroatoms. The Labute approximate surface area is 100.0 Å². The fraction of sp³-hybridized carbons (Fsp3) is 0.455. The number of sulfone groups is 1. The highest BCUT2D eigenvalue weighted by Gasteiger charge is 2.35. The van der Waals surface area contributed by atoms with Gasteiger partial charge in [0, 0.05) is 0 Å². The number of benzene rings is 1. The van der Waals surface area contributed by atoms with E-state index >= 15 is 0 Å². The number of aliphatic hydroxyl groups is 1. The first-order chi connectivity index (χ1) is 7.51. The van der Waals surface area contributed by atoms with Gasteiger partial charge in [-0.05, 0) is 31.4 Å². The summed E-state index contributed by atoms with van der Waals surface area (Å²) in [4.78, 5) is 0.177. The van der Waals surface area contributed by atoms with Crippen LogP contribution in [0, 0.1) is 0 Å². The van der Waals surface area contributed by atoms with E-state index in [1.54, 1.807) is 18.2 Å². The number of halogens is 1. The molecule has 1 aromatic rings. The lowest BCUT2D eigenvalue weighted by Crippen LogP contribution is -2.19. The predicted octanol–water partition coefficient (Wildman–Crippen LogP) is 2.03. The maximum atomic E-state index is 12.2. The third-order valence-corrected chi connectivity index (χ3v) is 5.66. The fourth-order valence-electron chi connectivity index (χ4n) is 2.05. The van der Waals surface area contributed by atoms with E-state index in [2.05, 4.69) is 0 Å². The summed E-state index contributed by atoms with van der Waals surface area (Å²) in [5, 5.41) is 9.14. The van der Waals surface area contributed by atoms with Crippen molar-refractivity contribution in [2.24, 2.45) is 0 Å². The smallest absolute Gasteiger partial charge is 0.182 e. The molecule has 1 N–H and O–H groups in total. The van der Waals surface area contributed by atoms with Crippen LogP contribution in [0.1, 0.15) is 19.3 Å². The van der Waals surface area contributed by atoms with Crippen molar-refractivity contribution >= 4 is 21.4 Å². The minimum atomic E-state index is -3.39. The summed E-state index contributed by atoms with van der Waals surface area (Å²) in [5.74, 6) is 0. The quantitative estimate of drug-likeness (QED) is 0.885. The molecule has 0 unspecified atom stereocenters. The van der Waals surface area contributed by atoms with Gasteiger partial charge >= 0.3 is 0 Å². The van der Waals surface area contributed by atoms with E-state index in [4.69, 9.17) is 11.6 Å². The minimum Gasteiger partial charge on any atom is -0.393 e. The lowest BCUT2D eigenvalue weighted by molar-refractivity contribution is 0.183. The maximum Gasteiger partial charge on any atom is 0.182 e. The second kappa shape index (κ2) is 4.35. The third-order valence-electron chi connectivity index (χ3n) is 2.94. The van der Waals surface area contributed by atoms with Crippen LogP contribution in [0.25, 0.3) is 0 Å². The number of hydrogen-bond acceptors (Lipinski definition) is 3. The summed E-state index contributed by atoms with van der Waals surface area (Å²) in [6, 6.07) is 6.44. The van der Waals surface area contributed by atoms with Gasteiger partial charge in [0.2, 0.25) is 0 Å². The zero-order chi connectivity index (χ0) is 11.8. The Bertz CT molecular complexity index is 484. The molecule has 3 nitrogen and oxygen atoms in total. The second-order valence-electron chi connectivity index (χ2n) is 4.06. The van der Waals surface area contributed by atoms with Gasteiger partial charge in [0.25, 0.3) is 0 Å². The minimum absolute atomic E-state index is 0.177. The van der Waals surface area contributed by atoms with Crippen LogP contribution in [-0.4, -0.2) is 24.9 Å². The van der Waals surface area contributed by atoms with Gasteiger partial charge in [-0.1, -0.05) is 23.7 Å². The van der Waals surface area contributed by atoms with E-state index in [1.165, 1.54) is 6.07 Å². The molecule has 0 spiro atoms. The van der Waals surface area contributed by atoms with E-state index in [-0.39, 0.29) is 9.92 Å². The highest BCUT2D eigenvalue weighted by atomic mass is 35.5. The number of rotatable bonds is 2. The van der Waals surface area contributed by atoms with Gasteiger partial charge in [0.1, 0.15) is 0 Å². The Morgan fingerprint density at radius 3 is 2.50 bits per heavy atom. The Balaban J connectivity index is 2.36. The van der Waals surface area contributed by atoms with Crippen LogP contribution in [0.3, 0.4) is 0 Å². The molecule has 1 aromatic carbocycles. The first kappa shape index (κ1) is 11.9. The monoisotopic (exact) mass is 260 g/mol. The molecule has 0 bridgehead atoms. The third kappa shape index (κ3) is 2.10. The van der Waals surface area contributed by atoms with Gasteiger partial charge in [-0.2, -0.15) is 0 Å². The van der Waals surface area contributed by atoms with Crippen molar-refractivity contribution in [2.45, 2.75) is 35.5 Å². The van der Waals surface area contributed by atoms with Crippen LogP contribution < -0.4 is 0 Å². The summed E-state index contributed by atoms with van der Waals surface area (Å²) in [7, 11) is -3.39. The molecule has 1 aliphatic carbocycles. The molecule has 0 aromatic heterocycles. The van der Waals surface area contributed by atoms with Crippen molar-refractivity contribution in [3.63, 3.8) is 0 Å². The van der Waals surface area contributed by atoms with E-state index in [1.807, 2.05) is 0 Å². The van der Waals surface area contributed by atoms with Crippen molar-refractivity contribution in [1.29, 1.82) is 0 Å². The largest absolute Gasteiger partial charge is 0.393 e. The number of aliphatic hydroxyl groups excluding tert-OH is 1. The van der Waals surface area contributed by atoms with Crippen molar-refractivity contribution in [3.05, 3.63) is 29.3 Å². The van der Waals surface area contributed by atoms with Crippen LogP contribution >= 0.6 is 11.6 Å². The average molecular weight is 261 g/mol. The van der Waals surface area contributed by atoms with Gasteiger partial charge < -0.3 is 5.11 Å². The van der Waals surface area contributed by atoms with E-state index in [0.717, 1.165) is 0 Å². The van der Waals surface area contributed by atoms with Crippen molar-refractivity contribution < 1.29 is 13.5 Å². The van der Waals surface area contributed by atoms with Gasteiger partial charge in [-0.25, -0.2) is 8.42 Å². The van der Waals surface area contributed by atoms with Crippen LogP contribution in [0.2, 0.25) is 5.02 Å². The molecule has 0 heterocycles. The average Bonchev–Trinajstić information content (AvgIpc) is 2.66. The molecule has 1 saturated carbocycles. The predicted molar refractivity (Wildman–Crippen MR) is 62.3 cm³/mol. The van der Waals surface area contributed by atoms with E-state index in [9.17, 15) is 13.5 Å². The normalized spacial score (nSPS) is 25.9. The zero-order valence-electron chi connectivity index (χ0n) is 8.64. The Morgan fingerprint density at radius 2 is 1.94 bits per heavy atom. The standard InChI is InChI=1S/C11H13ClO3S/c12-10-3-1-2-4-11(10)16(14,15)9-6-5-8(13)7-9/h1-4,8-9,13H,5-7H2/t8-,9-/m0/s1. The summed E-state index contributed by atoms with van der Waals surface area (Å²) < 4.78 is 24.4. The molecular formula is C11H13ClO3S. The summed E-state index contributed by atoms with van der Waals surface area (Å²) in [5.41, 5.74) is 0. The van der Waals surface area contributed by atoms with Gasteiger partial charge in [-0.15, -0.1) is 0 Å². The van der Waals surface area contributed by atoms with E-state index in [0.29, 0.717) is 19.3 Å². The van der Waals surface area contributed by atoms with Crippen LogP contribution in [-0.2, 0) is 9.84 Å². The lowest BCUT2D eigenvalue weighted by Gasteiger charge is -2.12. The molecule has 0 saturated heterocycles. The topological polar surface area (TPSA) is 54.4 Å². The van der Waals surface area contributed by atoms with Crippen molar-refractivity contribution in [2.75, 3.05) is 0 Å². The first-order valence-electron chi connectivity index (χ1n) is 5.18. The van der Waals surface area contributed by atoms with Crippen LogP contribution in [0.5, 0.6) is 0 Å². The van der Waals surface area contributed by atoms with Gasteiger partial charge in [0.15, 0.2) is 9.84 Å². The molecule has 16 heavy (non-hydrogen) atoms. The van der Waals surface area contributed by atoms with E-state index < -0.39 is 21.2 Å². The molecule has 88 valence electrons. The molecule has 2 rings (SSSR count). The number of hydrogen-bond donors (Lipinski definition) is 1. The van der Waals surface area contributed by atoms with Crippen molar-refractivity contribution in [3.8, 4) is 0 Å². The molecule has 0 aliphatic heterocycles. The maximum absolute atomic E-state index is 12.2. The van der Waals surface area contributed by atoms with Crippen LogP contribution in [0.4, 0.5) is 0 Å². The summed E-state index contributed by atoms with van der Waals surface area (Å²) in [6.07, 6.45) is 0.874.